The first-order valence-corrected chi connectivity index (χ1v) is 14.9. The summed E-state index contributed by atoms with van der Waals surface area (Å²) in [6.07, 6.45) is 6.46. The molecule has 2 aromatic heterocycles. The van der Waals surface area contributed by atoms with Crippen molar-refractivity contribution in [2.75, 3.05) is 26.2 Å². The quantitative estimate of drug-likeness (QED) is 0.175. The molecular weight excluding hydrogens is 530 g/mol. The molecule has 0 spiro atoms. The first-order valence-electron chi connectivity index (χ1n) is 14.9. The van der Waals surface area contributed by atoms with E-state index in [1.165, 1.54) is 0 Å². The highest BCUT2D eigenvalue weighted by molar-refractivity contribution is 5.95. The van der Waals surface area contributed by atoms with Gasteiger partial charge in [0.15, 0.2) is 0 Å². The fourth-order valence-electron chi connectivity index (χ4n) is 5.54. The normalized spacial score (nSPS) is 17.1. The summed E-state index contributed by atoms with van der Waals surface area (Å²) < 4.78 is 1.56. The van der Waals surface area contributed by atoms with Crippen LogP contribution in [0.25, 0.3) is 28.0 Å². The summed E-state index contributed by atoms with van der Waals surface area (Å²) in [5.74, 6) is -0.108. The molecule has 0 bridgehead atoms. The number of carbonyl (C=O) groups is 1. The van der Waals surface area contributed by atoms with Gasteiger partial charge in [0, 0.05) is 35.4 Å². The maximum absolute atomic E-state index is 12.9. The third kappa shape index (κ3) is 7.32. The van der Waals surface area contributed by atoms with E-state index in [0.29, 0.717) is 24.3 Å². The number of aliphatic hydroxyl groups excluding tert-OH is 1. The van der Waals surface area contributed by atoms with E-state index in [1.54, 1.807) is 22.9 Å². The standard InChI is InChI=1S/C32H41N7O3/c33-15-1-17-38(18-2-16-34)20-22-3-11-27(12-4-22)39-21-25-19-29(36-30(25)37-32(39)42)23-5-7-24(8-6-23)31(41)35-26-9-13-28(40)14-10-26/h3-8,11-12,19,21,26,28,40H,1-2,9-10,13-18,20,33-34H2,(H,35,41)(H,36,37,42). The SMILES string of the molecule is NCCCN(CCCN)Cc1ccc(-n2cc3cc(-c4ccc(C(=O)NC5CCC(O)CC5)cc4)[nH]c3nc2=O)cc1. The minimum atomic E-state index is -0.363. The lowest BCUT2D eigenvalue weighted by Crippen LogP contribution is -2.38. The topological polar surface area (TPSA) is 155 Å². The predicted octanol–water partition coefficient (Wildman–Crippen LogP) is 2.91. The molecule has 0 atom stereocenters. The lowest BCUT2D eigenvalue weighted by atomic mass is 9.93. The van der Waals surface area contributed by atoms with E-state index in [1.807, 2.05) is 42.5 Å². The number of carbonyl (C=O) groups excluding carboxylic acids is 1. The Morgan fingerprint density at radius 3 is 2.31 bits per heavy atom. The summed E-state index contributed by atoms with van der Waals surface area (Å²) >= 11 is 0. The summed E-state index contributed by atoms with van der Waals surface area (Å²) in [6.45, 7) is 3.98. The van der Waals surface area contributed by atoms with Crippen LogP contribution >= 0.6 is 0 Å². The number of nitrogens with zero attached hydrogens (tertiary/aromatic N) is 3. The molecule has 0 unspecified atom stereocenters. The summed E-state index contributed by atoms with van der Waals surface area (Å²) in [4.78, 5) is 35.5. The molecule has 1 saturated carbocycles. The van der Waals surface area contributed by atoms with Crippen LogP contribution in [0.15, 0.2) is 65.6 Å². The van der Waals surface area contributed by atoms with Gasteiger partial charge in [0.25, 0.3) is 5.91 Å². The lowest BCUT2D eigenvalue weighted by molar-refractivity contribution is 0.0867. The highest BCUT2D eigenvalue weighted by Crippen LogP contribution is 2.24. The number of rotatable bonds is 12. The highest BCUT2D eigenvalue weighted by atomic mass is 16.3. The Morgan fingerprint density at radius 1 is 1.00 bits per heavy atom. The van der Waals surface area contributed by atoms with E-state index in [-0.39, 0.29) is 23.7 Å². The molecule has 5 rings (SSSR count). The first-order chi connectivity index (χ1) is 20.4. The zero-order valence-corrected chi connectivity index (χ0v) is 24.0. The van der Waals surface area contributed by atoms with Crippen molar-refractivity contribution in [3.63, 3.8) is 0 Å². The van der Waals surface area contributed by atoms with Crippen LogP contribution in [-0.4, -0.2) is 68.8 Å². The number of nitrogens with two attached hydrogens (primary N) is 2. The highest BCUT2D eigenvalue weighted by Gasteiger charge is 2.21. The predicted molar refractivity (Wildman–Crippen MR) is 165 cm³/mol. The third-order valence-corrected chi connectivity index (χ3v) is 7.98. The number of fused-ring (bicyclic) bond motifs is 1. The number of nitrogens with one attached hydrogen (secondary N) is 2. The zero-order valence-electron chi connectivity index (χ0n) is 24.0. The van der Waals surface area contributed by atoms with E-state index >= 15 is 0 Å². The Labute approximate surface area is 245 Å². The van der Waals surface area contributed by atoms with Crippen LogP contribution in [0.1, 0.15) is 54.4 Å². The zero-order chi connectivity index (χ0) is 29.5. The van der Waals surface area contributed by atoms with Gasteiger partial charge in [-0.2, -0.15) is 4.98 Å². The molecule has 0 aliphatic heterocycles. The minimum Gasteiger partial charge on any atom is -0.393 e. The molecule has 4 aromatic rings. The average Bonchev–Trinajstić information content (AvgIpc) is 3.42. The second-order valence-corrected chi connectivity index (χ2v) is 11.2. The van der Waals surface area contributed by atoms with Crippen LogP contribution in [-0.2, 0) is 6.54 Å². The van der Waals surface area contributed by atoms with Gasteiger partial charge in [0.1, 0.15) is 5.65 Å². The second-order valence-electron chi connectivity index (χ2n) is 11.2. The molecule has 10 nitrogen and oxygen atoms in total. The summed E-state index contributed by atoms with van der Waals surface area (Å²) in [7, 11) is 0. The van der Waals surface area contributed by atoms with Gasteiger partial charge in [-0.1, -0.05) is 24.3 Å². The Kier molecular flexibility index (Phi) is 9.81. The summed E-state index contributed by atoms with van der Waals surface area (Å²) in [6, 6.07) is 17.4. The minimum absolute atomic E-state index is 0.0990. The van der Waals surface area contributed by atoms with Gasteiger partial charge < -0.3 is 26.9 Å². The Balaban J connectivity index is 1.28. The van der Waals surface area contributed by atoms with Crippen LogP contribution < -0.4 is 22.5 Å². The summed E-state index contributed by atoms with van der Waals surface area (Å²) in [5, 5.41) is 13.6. The van der Waals surface area contributed by atoms with Gasteiger partial charge in [-0.15, -0.1) is 0 Å². The van der Waals surface area contributed by atoms with Crippen molar-refractivity contribution in [2.45, 2.75) is 57.2 Å². The Morgan fingerprint density at radius 2 is 1.67 bits per heavy atom. The molecule has 222 valence electrons. The number of aromatic nitrogens is 3. The number of hydrogen-bond acceptors (Lipinski definition) is 7. The number of hydrogen-bond donors (Lipinski definition) is 5. The Hall–Kier alpha value is -3.83. The van der Waals surface area contributed by atoms with Gasteiger partial charge >= 0.3 is 5.69 Å². The largest absolute Gasteiger partial charge is 0.393 e. The molecule has 2 aromatic carbocycles. The monoisotopic (exact) mass is 571 g/mol. The van der Waals surface area contributed by atoms with Crippen molar-refractivity contribution < 1.29 is 9.90 Å². The van der Waals surface area contributed by atoms with Gasteiger partial charge in [-0.25, -0.2) is 4.79 Å². The molecule has 0 saturated heterocycles. The molecule has 1 aliphatic carbocycles. The van der Waals surface area contributed by atoms with E-state index < -0.39 is 0 Å². The van der Waals surface area contributed by atoms with Crippen LogP contribution in [0.5, 0.6) is 0 Å². The van der Waals surface area contributed by atoms with Crippen LogP contribution in [0, 0.1) is 0 Å². The van der Waals surface area contributed by atoms with E-state index in [0.717, 1.165) is 86.1 Å². The van der Waals surface area contributed by atoms with Crippen LogP contribution in [0.4, 0.5) is 0 Å². The molecule has 1 fully saturated rings. The molecule has 2 heterocycles. The van der Waals surface area contributed by atoms with Gasteiger partial charge in [-0.3, -0.25) is 14.3 Å². The molecule has 42 heavy (non-hydrogen) atoms. The smallest absolute Gasteiger partial charge is 0.354 e. The fourth-order valence-corrected chi connectivity index (χ4v) is 5.54. The molecular formula is C32H41N7O3. The molecule has 10 heteroatoms. The van der Waals surface area contributed by atoms with Gasteiger partial charge in [0.05, 0.1) is 11.8 Å². The van der Waals surface area contributed by atoms with Crippen molar-refractivity contribution in [1.82, 2.24) is 24.8 Å². The number of H-pyrrole nitrogens is 1. The Bertz CT molecular complexity index is 1510. The molecule has 1 aliphatic rings. The number of aliphatic hydroxyl groups is 1. The lowest BCUT2D eigenvalue weighted by Gasteiger charge is -2.26. The van der Waals surface area contributed by atoms with E-state index in [2.05, 4.69) is 20.2 Å². The van der Waals surface area contributed by atoms with E-state index in [4.69, 9.17) is 11.5 Å². The van der Waals surface area contributed by atoms with Gasteiger partial charge in [-0.05, 0) is 106 Å². The summed E-state index contributed by atoms with van der Waals surface area (Å²) in [5.41, 5.74) is 15.8. The number of amides is 1. The van der Waals surface area contributed by atoms with Crippen molar-refractivity contribution >= 4 is 16.9 Å². The fraction of sp³-hybridized carbons (Fsp3) is 0.406. The number of benzene rings is 2. The van der Waals surface area contributed by atoms with Crippen molar-refractivity contribution in [1.29, 1.82) is 0 Å². The molecule has 1 amide bonds. The molecule has 0 radical (unpaired) electrons. The third-order valence-electron chi connectivity index (χ3n) is 7.98. The molecule has 7 N–H and O–H groups in total. The second kappa shape index (κ2) is 13.9. The maximum atomic E-state index is 12.9. The van der Waals surface area contributed by atoms with Gasteiger partial charge in [0.2, 0.25) is 0 Å². The van der Waals surface area contributed by atoms with Crippen LogP contribution in [0.2, 0.25) is 0 Å². The van der Waals surface area contributed by atoms with Crippen molar-refractivity contribution in [3.8, 4) is 16.9 Å². The average molecular weight is 572 g/mol. The van der Waals surface area contributed by atoms with Crippen molar-refractivity contribution in [2.24, 2.45) is 11.5 Å². The maximum Gasteiger partial charge on any atom is 0.354 e. The van der Waals surface area contributed by atoms with E-state index in [9.17, 15) is 14.7 Å². The van der Waals surface area contributed by atoms with Crippen LogP contribution in [0.3, 0.4) is 0 Å². The number of aromatic amines is 1. The first kappa shape index (κ1) is 29.7. The van der Waals surface area contributed by atoms with Crippen molar-refractivity contribution in [3.05, 3.63) is 82.4 Å².